The second-order valence-corrected chi connectivity index (χ2v) is 10.8. The molecule has 2 aromatic heterocycles. The number of phenols is 1. The Bertz CT molecular complexity index is 1730. The summed E-state index contributed by atoms with van der Waals surface area (Å²) in [7, 11) is 0. The molecule has 1 unspecified atom stereocenters. The SMILES string of the molecule is Cc1ccc(CSc2nnc(N3C(=O)c4oc5ccc(F)cc5c(=O)c4C3c3cccc(O)c3)s2)cc1. The lowest BCUT2D eigenvalue weighted by Crippen LogP contribution is -2.29. The van der Waals surface area contributed by atoms with Crippen molar-refractivity contribution in [3.8, 4) is 5.75 Å². The molecular formula is C27H18FN3O4S2. The summed E-state index contributed by atoms with van der Waals surface area (Å²) in [5.74, 6) is -0.634. The zero-order chi connectivity index (χ0) is 25.7. The maximum atomic E-state index is 14.0. The van der Waals surface area contributed by atoms with Crippen molar-refractivity contribution in [3.63, 3.8) is 0 Å². The molecule has 1 amide bonds. The fourth-order valence-electron chi connectivity index (χ4n) is 4.34. The first-order valence-electron chi connectivity index (χ1n) is 11.3. The van der Waals surface area contributed by atoms with E-state index in [2.05, 4.69) is 10.2 Å². The Morgan fingerprint density at radius 2 is 1.89 bits per heavy atom. The van der Waals surface area contributed by atoms with Gasteiger partial charge in [0.2, 0.25) is 10.9 Å². The minimum Gasteiger partial charge on any atom is -0.508 e. The van der Waals surface area contributed by atoms with Crippen LogP contribution in [-0.4, -0.2) is 21.2 Å². The van der Waals surface area contributed by atoms with Crippen LogP contribution in [0.2, 0.25) is 0 Å². The number of carbonyl (C=O) groups excluding carboxylic acids is 1. The van der Waals surface area contributed by atoms with E-state index in [4.69, 9.17) is 4.42 Å². The van der Waals surface area contributed by atoms with Crippen LogP contribution < -0.4 is 10.3 Å². The fourth-order valence-corrected chi connectivity index (χ4v) is 6.16. The number of amides is 1. The van der Waals surface area contributed by atoms with Gasteiger partial charge in [-0.3, -0.25) is 14.5 Å². The highest BCUT2D eigenvalue weighted by Crippen LogP contribution is 2.43. The zero-order valence-electron chi connectivity index (χ0n) is 19.3. The number of rotatable bonds is 5. The van der Waals surface area contributed by atoms with Gasteiger partial charge in [-0.2, -0.15) is 0 Å². The average Bonchev–Trinajstić information content (AvgIpc) is 3.47. The number of halogens is 1. The Morgan fingerprint density at radius 1 is 1.08 bits per heavy atom. The second-order valence-electron chi connectivity index (χ2n) is 8.61. The van der Waals surface area contributed by atoms with Crippen LogP contribution >= 0.6 is 23.1 Å². The van der Waals surface area contributed by atoms with Crippen molar-refractivity contribution in [2.24, 2.45) is 0 Å². The molecule has 37 heavy (non-hydrogen) atoms. The minimum absolute atomic E-state index is 0.0267. The number of anilines is 1. The molecule has 0 radical (unpaired) electrons. The summed E-state index contributed by atoms with van der Waals surface area (Å²) in [4.78, 5) is 28.5. The number of aromatic nitrogens is 2. The first kappa shape index (κ1) is 23.4. The fraction of sp³-hybridized carbons (Fsp3) is 0.111. The van der Waals surface area contributed by atoms with Gasteiger partial charge in [-0.15, -0.1) is 10.2 Å². The van der Waals surface area contributed by atoms with Crippen LogP contribution in [-0.2, 0) is 5.75 Å². The quantitative estimate of drug-likeness (QED) is 0.225. The Morgan fingerprint density at radius 3 is 2.68 bits per heavy atom. The smallest absolute Gasteiger partial charge is 0.297 e. The summed E-state index contributed by atoms with van der Waals surface area (Å²) in [5, 5.41) is 19.0. The van der Waals surface area contributed by atoms with Gasteiger partial charge in [-0.1, -0.05) is 65.1 Å². The monoisotopic (exact) mass is 531 g/mol. The summed E-state index contributed by atoms with van der Waals surface area (Å²) in [6.45, 7) is 2.03. The van der Waals surface area contributed by atoms with Crippen LogP contribution in [0.15, 0.2) is 80.3 Å². The van der Waals surface area contributed by atoms with Crippen LogP contribution in [0.5, 0.6) is 5.75 Å². The highest BCUT2D eigenvalue weighted by Gasteiger charge is 2.45. The minimum atomic E-state index is -0.929. The topological polar surface area (TPSA) is 96.5 Å². The molecule has 3 aromatic carbocycles. The third kappa shape index (κ3) is 4.17. The number of hydrogen-bond donors (Lipinski definition) is 1. The van der Waals surface area contributed by atoms with Gasteiger partial charge < -0.3 is 9.52 Å². The second kappa shape index (κ2) is 9.13. The first-order valence-corrected chi connectivity index (χ1v) is 13.1. The van der Waals surface area contributed by atoms with Gasteiger partial charge in [0, 0.05) is 5.75 Å². The number of hydrogen-bond acceptors (Lipinski definition) is 8. The van der Waals surface area contributed by atoms with E-state index < -0.39 is 23.2 Å². The summed E-state index contributed by atoms with van der Waals surface area (Å²) in [5.41, 5.74) is 2.45. The van der Waals surface area contributed by atoms with Crippen molar-refractivity contribution in [3.05, 3.63) is 111 Å². The molecule has 10 heteroatoms. The van der Waals surface area contributed by atoms with Crippen molar-refractivity contribution >= 4 is 45.1 Å². The van der Waals surface area contributed by atoms with Crippen molar-refractivity contribution in [2.75, 3.05) is 4.90 Å². The van der Waals surface area contributed by atoms with Gasteiger partial charge in [-0.25, -0.2) is 4.39 Å². The average molecular weight is 532 g/mol. The predicted molar refractivity (Wildman–Crippen MR) is 140 cm³/mol. The van der Waals surface area contributed by atoms with Crippen molar-refractivity contribution in [2.45, 2.75) is 23.1 Å². The van der Waals surface area contributed by atoms with Gasteiger partial charge in [0.15, 0.2) is 9.77 Å². The highest BCUT2D eigenvalue weighted by atomic mass is 32.2. The number of thioether (sulfide) groups is 1. The van der Waals surface area contributed by atoms with Crippen molar-refractivity contribution < 1.29 is 18.7 Å². The van der Waals surface area contributed by atoms with Gasteiger partial charge in [-0.05, 0) is 48.4 Å². The maximum Gasteiger partial charge on any atom is 0.297 e. The number of aryl methyl sites for hydroxylation is 1. The number of benzene rings is 3. The molecular weight excluding hydrogens is 513 g/mol. The molecule has 5 aromatic rings. The summed E-state index contributed by atoms with van der Waals surface area (Å²) in [6, 6.07) is 17.1. The van der Waals surface area contributed by atoms with E-state index in [0.29, 0.717) is 15.7 Å². The number of phenolic OH excluding ortho intramolecular Hbond substituents is 1. The molecule has 1 aliphatic rings. The van der Waals surface area contributed by atoms with E-state index in [1.165, 1.54) is 57.8 Å². The molecule has 1 aliphatic heterocycles. The molecule has 0 aliphatic carbocycles. The third-order valence-electron chi connectivity index (χ3n) is 6.10. The van der Waals surface area contributed by atoms with E-state index in [-0.39, 0.29) is 33.2 Å². The van der Waals surface area contributed by atoms with E-state index in [9.17, 15) is 19.1 Å². The predicted octanol–water partition coefficient (Wildman–Crippen LogP) is 5.84. The number of nitrogens with zero attached hydrogens (tertiary/aromatic N) is 3. The molecule has 3 heterocycles. The van der Waals surface area contributed by atoms with E-state index in [0.717, 1.165) is 11.6 Å². The number of aromatic hydroxyl groups is 1. The molecule has 7 nitrogen and oxygen atoms in total. The largest absolute Gasteiger partial charge is 0.508 e. The van der Waals surface area contributed by atoms with Crippen molar-refractivity contribution in [1.82, 2.24) is 10.2 Å². The van der Waals surface area contributed by atoms with Crippen LogP contribution in [0.3, 0.4) is 0 Å². The van der Waals surface area contributed by atoms with E-state index in [1.54, 1.807) is 12.1 Å². The zero-order valence-corrected chi connectivity index (χ0v) is 21.0. The molecule has 0 saturated heterocycles. The van der Waals surface area contributed by atoms with Crippen LogP contribution in [0.4, 0.5) is 9.52 Å². The normalized spacial score (nSPS) is 14.9. The molecule has 0 bridgehead atoms. The highest BCUT2D eigenvalue weighted by molar-refractivity contribution is 8.00. The molecule has 6 rings (SSSR count). The Balaban J connectivity index is 1.43. The molecule has 184 valence electrons. The summed E-state index contributed by atoms with van der Waals surface area (Å²) >= 11 is 2.71. The number of carbonyl (C=O) groups is 1. The molecule has 0 saturated carbocycles. The lowest BCUT2D eigenvalue weighted by Gasteiger charge is -2.22. The van der Waals surface area contributed by atoms with Gasteiger partial charge >= 0.3 is 0 Å². The van der Waals surface area contributed by atoms with Crippen LogP contribution in [0.1, 0.15) is 38.9 Å². The standard InChI is InChI=1S/C27H18FN3O4S2/c1-14-5-7-15(8-6-14)13-36-27-30-29-26(37-27)31-22(16-3-2-4-18(32)11-16)21-23(33)19-12-17(28)9-10-20(19)35-24(21)25(31)34/h2-12,22,32H,13H2,1H3. The molecule has 1 N–H and O–H groups in total. The maximum absolute atomic E-state index is 14.0. The Labute approximate surface area is 218 Å². The number of fused-ring (bicyclic) bond motifs is 2. The summed E-state index contributed by atoms with van der Waals surface area (Å²) in [6.07, 6.45) is 0. The van der Waals surface area contributed by atoms with Gasteiger partial charge in [0.05, 0.1) is 17.0 Å². The molecule has 1 atom stereocenters. The Hall–Kier alpha value is -4.02. The van der Waals surface area contributed by atoms with Gasteiger partial charge in [0.1, 0.15) is 17.1 Å². The van der Waals surface area contributed by atoms with Crippen LogP contribution in [0.25, 0.3) is 11.0 Å². The van der Waals surface area contributed by atoms with E-state index in [1.807, 2.05) is 31.2 Å². The lowest BCUT2D eigenvalue weighted by atomic mass is 9.98. The summed E-state index contributed by atoms with van der Waals surface area (Å²) < 4.78 is 20.5. The lowest BCUT2D eigenvalue weighted by molar-refractivity contribution is 0.0970. The third-order valence-corrected chi connectivity index (χ3v) is 8.23. The molecule has 0 spiro atoms. The first-order chi connectivity index (χ1) is 17.9. The molecule has 0 fully saturated rings. The van der Waals surface area contributed by atoms with Gasteiger partial charge in [0.25, 0.3) is 5.91 Å². The Kier molecular flexibility index (Phi) is 5.77. The van der Waals surface area contributed by atoms with Crippen molar-refractivity contribution in [1.29, 1.82) is 0 Å². The van der Waals surface area contributed by atoms with Crippen LogP contribution in [0, 0.1) is 12.7 Å². The van der Waals surface area contributed by atoms with E-state index >= 15 is 0 Å².